The van der Waals surface area contributed by atoms with Crippen molar-refractivity contribution in [2.45, 2.75) is 32.7 Å². The molecule has 1 atom stereocenters. The fraction of sp³-hybridized carbons (Fsp3) is 0.500. The summed E-state index contributed by atoms with van der Waals surface area (Å²) in [7, 11) is 0. The number of carbonyl (C=O) groups is 2. The van der Waals surface area contributed by atoms with Gasteiger partial charge in [0.25, 0.3) is 5.91 Å². The lowest BCUT2D eigenvalue weighted by atomic mass is 10.1. The van der Waals surface area contributed by atoms with E-state index in [9.17, 15) is 9.59 Å². The first-order valence-electron chi connectivity index (χ1n) is 5.10. The zero-order chi connectivity index (χ0) is 12.1. The van der Waals surface area contributed by atoms with E-state index >= 15 is 0 Å². The Balaban J connectivity index is 2.65. The first kappa shape index (κ1) is 12.2. The number of carbonyl (C=O) groups excluding carboxylic acids is 1. The summed E-state index contributed by atoms with van der Waals surface area (Å²) >= 11 is 0. The van der Waals surface area contributed by atoms with E-state index in [1.807, 2.05) is 6.92 Å². The molecule has 0 radical (unpaired) electrons. The minimum Gasteiger partial charge on any atom is -0.480 e. The number of aromatic amines is 1. The van der Waals surface area contributed by atoms with E-state index in [2.05, 4.69) is 15.5 Å². The van der Waals surface area contributed by atoms with Crippen LogP contribution in [0.4, 0.5) is 0 Å². The van der Waals surface area contributed by atoms with Gasteiger partial charge in [-0.3, -0.25) is 9.89 Å². The molecule has 0 bridgehead atoms. The first-order valence-corrected chi connectivity index (χ1v) is 5.10. The summed E-state index contributed by atoms with van der Waals surface area (Å²) in [6, 6.07) is 0.717. The fourth-order valence-electron chi connectivity index (χ4n) is 1.31. The third-order valence-electron chi connectivity index (χ3n) is 2.12. The highest BCUT2D eigenvalue weighted by Gasteiger charge is 2.20. The summed E-state index contributed by atoms with van der Waals surface area (Å²) < 4.78 is 0. The third-order valence-corrected chi connectivity index (χ3v) is 2.12. The average molecular weight is 225 g/mol. The summed E-state index contributed by atoms with van der Waals surface area (Å²) in [4.78, 5) is 22.4. The number of nitrogens with one attached hydrogen (secondary N) is 2. The van der Waals surface area contributed by atoms with Crippen LogP contribution in [-0.2, 0) is 4.79 Å². The third kappa shape index (κ3) is 3.08. The summed E-state index contributed by atoms with van der Waals surface area (Å²) in [6.07, 6.45) is 1.10. The number of aryl methyl sites for hydroxylation is 1. The van der Waals surface area contributed by atoms with Crippen molar-refractivity contribution in [3.63, 3.8) is 0 Å². The molecule has 0 aromatic carbocycles. The van der Waals surface area contributed by atoms with E-state index in [4.69, 9.17) is 5.11 Å². The summed E-state index contributed by atoms with van der Waals surface area (Å²) in [5.74, 6) is -1.49. The van der Waals surface area contributed by atoms with Crippen molar-refractivity contribution in [3.8, 4) is 0 Å². The van der Waals surface area contributed by atoms with Gasteiger partial charge in [-0.1, -0.05) is 13.3 Å². The maximum atomic E-state index is 11.6. The van der Waals surface area contributed by atoms with Crippen LogP contribution in [0.3, 0.4) is 0 Å². The second-order valence-corrected chi connectivity index (χ2v) is 3.59. The van der Waals surface area contributed by atoms with E-state index < -0.39 is 17.9 Å². The lowest BCUT2D eigenvalue weighted by Gasteiger charge is -2.11. The van der Waals surface area contributed by atoms with Gasteiger partial charge in [-0.15, -0.1) is 0 Å². The highest BCUT2D eigenvalue weighted by molar-refractivity contribution is 5.94. The molecule has 6 heteroatoms. The molecule has 1 aromatic heterocycles. The highest BCUT2D eigenvalue weighted by Crippen LogP contribution is 2.01. The van der Waals surface area contributed by atoms with Gasteiger partial charge in [0.1, 0.15) is 11.7 Å². The van der Waals surface area contributed by atoms with E-state index in [0.29, 0.717) is 12.8 Å². The van der Waals surface area contributed by atoms with Crippen LogP contribution < -0.4 is 5.32 Å². The molecule has 6 nitrogen and oxygen atoms in total. The van der Waals surface area contributed by atoms with Crippen molar-refractivity contribution in [3.05, 3.63) is 17.5 Å². The van der Waals surface area contributed by atoms with Crippen molar-refractivity contribution in [1.29, 1.82) is 0 Å². The number of nitrogens with zero attached hydrogens (tertiary/aromatic N) is 1. The number of rotatable bonds is 5. The van der Waals surface area contributed by atoms with Gasteiger partial charge in [-0.25, -0.2) is 4.79 Å². The normalized spacial score (nSPS) is 12.1. The van der Waals surface area contributed by atoms with E-state index in [0.717, 1.165) is 5.69 Å². The number of hydrogen-bond donors (Lipinski definition) is 3. The molecule has 16 heavy (non-hydrogen) atoms. The van der Waals surface area contributed by atoms with Crippen molar-refractivity contribution in [2.24, 2.45) is 0 Å². The van der Waals surface area contributed by atoms with Gasteiger partial charge in [0.05, 0.1) is 0 Å². The molecular weight excluding hydrogens is 210 g/mol. The SMILES string of the molecule is CCC[C@H](NC(=O)c1cc(C)[nH]n1)C(=O)O. The van der Waals surface area contributed by atoms with Gasteiger partial charge in [0, 0.05) is 5.69 Å². The second-order valence-electron chi connectivity index (χ2n) is 3.59. The highest BCUT2D eigenvalue weighted by atomic mass is 16.4. The quantitative estimate of drug-likeness (QED) is 0.687. The monoisotopic (exact) mass is 225 g/mol. The van der Waals surface area contributed by atoms with Gasteiger partial charge in [-0.05, 0) is 19.4 Å². The molecule has 0 spiro atoms. The predicted octanol–water partition coefficient (Wildman–Crippen LogP) is 0.701. The lowest BCUT2D eigenvalue weighted by molar-refractivity contribution is -0.139. The fourth-order valence-corrected chi connectivity index (χ4v) is 1.31. The minimum absolute atomic E-state index is 0.208. The maximum absolute atomic E-state index is 11.6. The van der Waals surface area contributed by atoms with Crippen molar-refractivity contribution in [2.75, 3.05) is 0 Å². The molecule has 0 aliphatic rings. The lowest BCUT2D eigenvalue weighted by Crippen LogP contribution is -2.40. The van der Waals surface area contributed by atoms with Crippen LogP contribution in [0, 0.1) is 6.92 Å². The van der Waals surface area contributed by atoms with E-state index in [1.54, 1.807) is 13.0 Å². The first-order chi connectivity index (χ1) is 7.54. The molecule has 0 unspecified atom stereocenters. The molecule has 88 valence electrons. The molecule has 0 saturated carbocycles. The Morgan fingerprint density at radius 2 is 2.31 bits per heavy atom. The Labute approximate surface area is 93.1 Å². The molecule has 1 rings (SSSR count). The van der Waals surface area contributed by atoms with Crippen LogP contribution in [-0.4, -0.2) is 33.2 Å². The van der Waals surface area contributed by atoms with Crippen LogP contribution in [0.15, 0.2) is 6.07 Å². The number of hydrogen-bond acceptors (Lipinski definition) is 3. The van der Waals surface area contributed by atoms with Crippen molar-refractivity contribution >= 4 is 11.9 Å². The standard InChI is InChI=1S/C10H15N3O3/c1-3-4-7(10(15)16)11-9(14)8-5-6(2)12-13-8/h5,7H,3-4H2,1-2H3,(H,11,14)(H,12,13)(H,15,16)/t7-/m0/s1. The molecule has 0 aliphatic carbocycles. The van der Waals surface area contributed by atoms with Gasteiger partial charge in [0.2, 0.25) is 0 Å². The predicted molar refractivity (Wildman–Crippen MR) is 57.1 cm³/mol. The number of aromatic nitrogens is 2. The maximum Gasteiger partial charge on any atom is 0.326 e. The number of aliphatic carboxylic acids is 1. The van der Waals surface area contributed by atoms with Gasteiger partial charge < -0.3 is 10.4 Å². The Morgan fingerprint density at radius 1 is 1.62 bits per heavy atom. The summed E-state index contributed by atoms with van der Waals surface area (Å²) in [6.45, 7) is 3.63. The smallest absolute Gasteiger partial charge is 0.326 e. The Hall–Kier alpha value is -1.85. The van der Waals surface area contributed by atoms with Gasteiger partial charge >= 0.3 is 5.97 Å². The molecule has 0 aliphatic heterocycles. The topological polar surface area (TPSA) is 95.1 Å². The molecule has 3 N–H and O–H groups in total. The molecule has 1 heterocycles. The van der Waals surface area contributed by atoms with Gasteiger partial charge in [-0.2, -0.15) is 5.10 Å². The Kier molecular flexibility index (Phi) is 4.04. The summed E-state index contributed by atoms with van der Waals surface area (Å²) in [5.41, 5.74) is 0.965. The second kappa shape index (κ2) is 5.29. The van der Waals surface area contributed by atoms with Crippen LogP contribution in [0.5, 0.6) is 0 Å². The molecular formula is C10H15N3O3. The van der Waals surface area contributed by atoms with Crippen LogP contribution in [0.1, 0.15) is 35.9 Å². The van der Waals surface area contributed by atoms with E-state index in [1.165, 1.54) is 0 Å². The molecule has 1 aromatic rings. The zero-order valence-electron chi connectivity index (χ0n) is 9.28. The van der Waals surface area contributed by atoms with E-state index in [-0.39, 0.29) is 5.69 Å². The molecule has 1 amide bonds. The van der Waals surface area contributed by atoms with Crippen molar-refractivity contribution in [1.82, 2.24) is 15.5 Å². The number of amides is 1. The Morgan fingerprint density at radius 3 is 2.75 bits per heavy atom. The molecule has 0 saturated heterocycles. The average Bonchev–Trinajstić information content (AvgIpc) is 2.64. The minimum atomic E-state index is -1.03. The zero-order valence-corrected chi connectivity index (χ0v) is 9.28. The number of carboxylic acids is 1. The van der Waals surface area contributed by atoms with Crippen LogP contribution >= 0.6 is 0 Å². The largest absolute Gasteiger partial charge is 0.480 e. The molecule has 0 fully saturated rings. The van der Waals surface area contributed by atoms with Crippen LogP contribution in [0.25, 0.3) is 0 Å². The number of H-pyrrole nitrogens is 1. The summed E-state index contributed by atoms with van der Waals surface area (Å²) in [5, 5.41) is 17.7. The van der Waals surface area contributed by atoms with Crippen LogP contribution in [0.2, 0.25) is 0 Å². The number of carboxylic acid groups (broad SMARTS) is 1. The van der Waals surface area contributed by atoms with Gasteiger partial charge in [0.15, 0.2) is 0 Å². The Bertz CT molecular complexity index is 386. The van der Waals surface area contributed by atoms with Crippen molar-refractivity contribution < 1.29 is 14.7 Å².